The van der Waals surface area contributed by atoms with E-state index in [4.69, 9.17) is 0 Å². The van der Waals surface area contributed by atoms with Crippen molar-refractivity contribution >= 4 is 101 Å². The summed E-state index contributed by atoms with van der Waals surface area (Å²) in [6.07, 6.45) is 4.91. The highest BCUT2D eigenvalue weighted by Gasteiger charge is 2.44. The Morgan fingerprint density at radius 1 is 0.250 bits per heavy atom. The van der Waals surface area contributed by atoms with E-state index in [1.54, 1.807) is 0 Å². The van der Waals surface area contributed by atoms with E-state index >= 15 is 0 Å². The lowest BCUT2D eigenvalue weighted by Crippen LogP contribution is -2.61. The maximum absolute atomic E-state index is 2.63. The van der Waals surface area contributed by atoms with Crippen LogP contribution in [0.1, 0.15) is 132 Å². The molecule has 5 heteroatoms. The van der Waals surface area contributed by atoms with Gasteiger partial charge in [0.05, 0.1) is 22.1 Å². The molecule has 13 aromatic rings. The zero-order valence-corrected chi connectivity index (χ0v) is 59.3. The molecule has 2 aromatic heterocycles. The second kappa shape index (κ2) is 23.2. The largest absolute Gasteiger partial charge is 0.311 e. The van der Waals surface area contributed by atoms with Gasteiger partial charge in [-0.15, -0.1) is 0 Å². The van der Waals surface area contributed by atoms with Gasteiger partial charge < -0.3 is 18.9 Å². The average molecular weight is 1250 g/mol. The van der Waals surface area contributed by atoms with E-state index in [1.165, 1.54) is 133 Å². The van der Waals surface area contributed by atoms with Gasteiger partial charge in [0.1, 0.15) is 0 Å². The van der Waals surface area contributed by atoms with E-state index in [1.807, 2.05) is 0 Å². The van der Waals surface area contributed by atoms with Crippen LogP contribution in [0.25, 0.3) is 77.2 Å². The maximum atomic E-state index is 2.63. The Morgan fingerprint density at radius 3 is 0.833 bits per heavy atom. The Labute approximate surface area is 571 Å². The molecule has 0 fully saturated rings. The molecule has 480 valence electrons. The normalized spacial score (nSPS) is 13.5. The first-order valence-corrected chi connectivity index (χ1v) is 35.1. The van der Waals surface area contributed by atoms with Crippen molar-refractivity contribution in [1.82, 2.24) is 9.13 Å². The molecule has 11 aromatic carbocycles. The number of fused-ring (bicyclic) bond motifs is 10. The van der Waals surface area contributed by atoms with E-state index in [2.05, 4.69) is 353 Å². The zero-order chi connectivity index (χ0) is 67.0. The molecule has 0 saturated heterocycles. The first-order valence-electron chi connectivity index (χ1n) is 35.1. The highest BCUT2D eigenvalue weighted by molar-refractivity contribution is 7.00. The third-order valence-electron chi connectivity index (χ3n) is 19.5. The van der Waals surface area contributed by atoms with Gasteiger partial charge in [-0.25, -0.2) is 0 Å². The lowest BCUT2D eigenvalue weighted by atomic mass is 9.33. The molecule has 4 nitrogen and oxygen atoms in total. The van der Waals surface area contributed by atoms with E-state index in [0.29, 0.717) is 0 Å². The third-order valence-corrected chi connectivity index (χ3v) is 19.5. The molecule has 0 N–H and O–H groups in total. The van der Waals surface area contributed by atoms with Gasteiger partial charge >= 0.3 is 0 Å². The van der Waals surface area contributed by atoms with Crippen LogP contribution in [0.15, 0.2) is 231 Å². The summed E-state index contributed by atoms with van der Waals surface area (Å²) in [5.74, 6) is 0. The van der Waals surface area contributed by atoms with Gasteiger partial charge in [-0.1, -0.05) is 225 Å². The van der Waals surface area contributed by atoms with Crippen molar-refractivity contribution in [3.8, 4) is 33.6 Å². The van der Waals surface area contributed by atoms with Gasteiger partial charge in [-0.2, -0.15) is 0 Å². The van der Waals surface area contributed by atoms with Gasteiger partial charge in [0.15, 0.2) is 0 Å². The third kappa shape index (κ3) is 12.1. The molecule has 0 unspecified atom stereocenters. The van der Waals surface area contributed by atoms with E-state index < -0.39 is 0 Å². The van der Waals surface area contributed by atoms with E-state index in [-0.39, 0.29) is 33.8 Å². The predicted molar refractivity (Wildman–Crippen MR) is 416 cm³/mol. The Balaban J connectivity index is 1.01. The van der Waals surface area contributed by atoms with E-state index in [0.717, 1.165) is 54.9 Å². The molecule has 96 heavy (non-hydrogen) atoms. The van der Waals surface area contributed by atoms with Gasteiger partial charge in [0, 0.05) is 67.0 Å². The predicted octanol–water partition coefficient (Wildman–Crippen LogP) is 23.2. The highest BCUT2D eigenvalue weighted by atomic mass is 15.2. The van der Waals surface area contributed by atoms with Crippen molar-refractivity contribution < 1.29 is 0 Å². The monoisotopic (exact) mass is 1250 g/mol. The highest BCUT2D eigenvalue weighted by Crippen LogP contribution is 2.48. The summed E-state index contributed by atoms with van der Waals surface area (Å²) in [6.45, 7) is 35.3. The summed E-state index contributed by atoms with van der Waals surface area (Å²) in [5, 5.41) is 5.23. The fourth-order valence-electron chi connectivity index (χ4n) is 16.1. The first-order chi connectivity index (χ1) is 45.6. The van der Waals surface area contributed by atoms with Crippen molar-refractivity contribution in [2.24, 2.45) is 27.1 Å². The number of anilines is 6. The lowest BCUT2D eigenvalue weighted by molar-refractivity contribution is 0.411. The fraction of sp³-hybridized carbons (Fsp3) is 0.275. The van der Waals surface area contributed by atoms with Crippen LogP contribution in [0.2, 0.25) is 0 Å². The summed E-state index contributed by atoms with van der Waals surface area (Å²) in [7, 11) is 0. The Morgan fingerprint density at radius 2 is 0.531 bits per heavy atom. The van der Waals surface area contributed by atoms with Crippen LogP contribution in [0.4, 0.5) is 34.1 Å². The summed E-state index contributed by atoms with van der Waals surface area (Å²) in [6, 6.07) is 89.6. The topological polar surface area (TPSA) is 16.3 Å². The molecule has 0 saturated carbocycles. The molecular weight excluding hydrogens is 1160 g/mol. The fourth-order valence-corrected chi connectivity index (χ4v) is 16.1. The first kappa shape index (κ1) is 62.8. The average Bonchev–Trinajstić information content (AvgIpc) is 0.750. The van der Waals surface area contributed by atoms with Gasteiger partial charge in [0.2, 0.25) is 0 Å². The maximum Gasteiger partial charge on any atom is 0.252 e. The number of hydrogen-bond donors (Lipinski definition) is 0. The van der Waals surface area contributed by atoms with E-state index in [9.17, 15) is 0 Å². The summed E-state index contributed by atoms with van der Waals surface area (Å²) in [4.78, 5) is 5.25. The minimum atomic E-state index is -0.109. The number of aromatic nitrogens is 2. The van der Waals surface area contributed by atoms with Crippen molar-refractivity contribution in [1.29, 1.82) is 0 Å². The molecule has 0 aliphatic carbocycles. The number of nitrogens with zero attached hydrogens (tertiary/aromatic N) is 4. The number of hydrogen-bond acceptors (Lipinski definition) is 2. The summed E-state index contributed by atoms with van der Waals surface area (Å²) >= 11 is 0. The van der Waals surface area contributed by atoms with Crippen molar-refractivity contribution in [2.75, 3.05) is 9.80 Å². The molecule has 15 rings (SSSR count). The minimum absolute atomic E-state index is 0.00374. The van der Waals surface area contributed by atoms with Crippen LogP contribution < -0.4 is 26.2 Å². The second-order valence-electron chi connectivity index (χ2n) is 34.2. The van der Waals surface area contributed by atoms with Crippen LogP contribution in [0, 0.1) is 27.1 Å². The molecule has 0 radical (unpaired) electrons. The Hall–Kier alpha value is -9.32. The van der Waals surface area contributed by atoms with Gasteiger partial charge in [-0.05, 0) is 235 Å². The number of benzene rings is 11. The van der Waals surface area contributed by atoms with Crippen molar-refractivity contribution in [2.45, 2.75) is 136 Å². The smallest absolute Gasteiger partial charge is 0.252 e. The van der Waals surface area contributed by atoms with Gasteiger partial charge in [0.25, 0.3) is 6.71 Å². The summed E-state index contributed by atoms with van der Waals surface area (Å²) in [5.41, 5.74) is 30.4. The molecule has 4 heterocycles. The Kier molecular flexibility index (Phi) is 15.2. The molecule has 0 spiro atoms. The summed E-state index contributed by atoms with van der Waals surface area (Å²) < 4.78 is 5.12. The molecule has 0 atom stereocenters. The molecule has 0 bridgehead atoms. The van der Waals surface area contributed by atoms with Crippen LogP contribution in [-0.4, -0.2) is 15.8 Å². The number of rotatable bonds is 11. The molecule has 0 amide bonds. The standard InChI is InChI=1S/C91H93BN4/c1-87(2,3)54-59-26-42-78-72(46-59)73-47-60(55-88(4,5)6)27-43-79(73)95(78)70-38-40-76-82(52-70)93(68-34-30-66(31-35-68)64-22-18-16-19-23-64)84-50-63(58-91(13,14)15)51-85-86(84)92(76)77-41-39-71(53-83(77)94(85)69-36-32-67(33-37-69)65-24-20-17-21-25-65)96-80-44-28-61(56-89(7,8)9)48-74(80)75-49-62(29-45-81(75)96)57-90(10,11)12/h16-53H,54-58H2,1-15H3. The minimum Gasteiger partial charge on any atom is -0.311 e. The quantitative estimate of drug-likeness (QED) is 0.120. The molecule has 2 aliphatic rings. The SMILES string of the molecule is CC(C)(C)Cc1cc2c3c(c1)N(c1ccc(-c4ccccc4)cc1)c1cc(-n4c5ccc(CC(C)(C)C)cc5c5cc(CC(C)(C)C)ccc54)ccc1B3c1ccc(-n3c4ccc(CC(C)(C)C)cc4c4cc(CC(C)(C)C)ccc43)cc1N2c1ccc(-c2ccccc2)cc1. The van der Waals surface area contributed by atoms with Crippen LogP contribution in [0.3, 0.4) is 0 Å². The van der Waals surface area contributed by atoms with Crippen molar-refractivity contribution in [3.63, 3.8) is 0 Å². The van der Waals surface area contributed by atoms with Crippen molar-refractivity contribution in [3.05, 3.63) is 258 Å². The Bertz CT molecular complexity index is 4680. The molecule has 2 aliphatic heterocycles. The van der Waals surface area contributed by atoms with Gasteiger partial charge in [-0.3, -0.25) is 0 Å². The van der Waals surface area contributed by atoms with Crippen LogP contribution in [0.5, 0.6) is 0 Å². The van der Waals surface area contributed by atoms with Crippen LogP contribution >= 0.6 is 0 Å². The molecular formula is C91H93BN4. The van der Waals surface area contributed by atoms with Crippen LogP contribution in [-0.2, 0) is 32.1 Å². The lowest BCUT2D eigenvalue weighted by Gasteiger charge is -2.45. The second-order valence-corrected chi connectivity index (χ2v) is 34.2. The zero-order valence-electron chi connectivity index (χ0n) is 59.3.